The number of ketones is 1. The van der Waals surface area contributed by atoms with Crippen molar-refractivity contribution in [3.8, 4) is 17.2 Å². The van der Waals surface area contributed by atoms with Gasteiger partial charge in [-0.25, -0.2) is 0 Å². The lowest BCUT2D eigenvalue weighted by molar-refractivity contribution is -0.135. The molecule has 0 heterocycles. The van der Waals surface area contributed by atoms with E-state index in [4.69, 9.17) is 14.2 Å². The fourth-order valence-electron chi connectivity index (χ4n) is 3.81. The molecular formula is C32H28O5. The molecule has 0 N–H and O–H groups in total. The Morgan fingerprint density at radius 1 is 0.649 bits per heavy atom. The molecule has 0 aliphatic heterocycles. The summed E-state index contributed by atoms with van der Waals surface area (Å²) in [5, 5.41) is 0. The molecule has 5 nitrogen and oxygen atoms in total. The second kappa shape index (κ2) is 11.9. The van der Waals surface area contributed by atoms with E-state index in [0.29, 0.717) is 28.4 Å². The molecule has 4 aromatic rings. The van der Waals surface area contributed by atoms with Crippen molar-refractivity contribution < 1.29 is 23.8 Å². The lowest BCUT2D eigenvalue weighted by atomic mass is 9.96. The molecule has 0 aliphatic carbocycles. The number of rotatable bonds is 9. The quantitative estimate of drug-likeness (QED) is 0.111. The van der Waals surface area contributed by atoms with Crippen LogP contribution in [-0.2, 0) is 4.79 Å². The van der Waals surface area contributed by atoms with Crippen molar-refractivity contribution in [3.05, 3.63) is 125 Å². The first-order chi connectivity index (χ1) is 18.0. The summed E-state index contributed by atoms with van der Waals surface area (Å²) in [7, 11) is 3.23. The highest BCUT2D eigenvalue weighted by Crippen LogP contribution is 2.25. The van der Waals surface area contributed by atoms with Gasteiger partial charge in [0.05, 0.1) is 20.1 Å². The average molecular weight is 493 g/mol. The van der Waals surface area contributed by atoms with E-state index in [0.717, 1.165) is 16.7 Å². The Bertz CT molecular complexity index is 1380. The minimum absolute atomic E-state index is 0.0842. The summed E-state index contributed by atoms with van der Waals surface area (Å²) in [4.78, 5) is 25.6. The molecule has 0 amide bonds. The number of ether oxygens (including phenoxy) is 3. The van der Waals surface area contributed by atoms with E-state index in [1.54, 1.807) is 63.6 Å². The molecule has 0 aromatic heterocycles. The number of benzene rings is 4. The predicted molar refractivity (Wildman–Crippen MR) is 145 cm³/mol. The first kappa shape index (κ1) is 25.5. The second-order valence-corrected chi connectivity index (χ2v) is 8.51. The molecule has 0 fully saturated rings. The number of hydrogen-bond donors (Lipinski definition) is 0. The smallest absolute Gasteiger partial charge is 0.318 e. The number of carbonyl (C=O) groups excluding carboxylic acids is 2. The minimum Gasteiger partial charge on any atom is -0.497 e. The Morgan fingerprint density at radius 3 is 1.92 bits per heavy atom. The molecule has 0 radical (unpaired) electrons. The van der Waals surface area contributed by atoms with Gasteiger partial charge in [-0.15, -0.1) is 0 Å². The van der Waals surface area contributed by atoms with Gasteiger partial charge in [0.2, 0.25) is 0 Å². The lowest BCUT2D eigenvalue weighted by Gasteiger charge is -2.13. The van der Waals surface area contributed by atoms with Gasteiger partial charge in [0.25, 0.3) is 0 Å². The highest BCUT2D eigenvalue weighted by Gasteiger charge is 2.19. The number of methoxy groups -OCH3 is 2. The lowest BCUT2D eigenvalue weighted by Crippen LogP contribution is -2.16. The van der Waals surface area contributed by atoms with E-state index >= 15 is 0 Å². The largest absolute Gasteiger partial charge is 0.497 e. The summed E-state index contributed by atoms with van der Waals surface area (Å²) in [5.41, 5.74) is 3.75. The van der Waals surface area contributed by atoms with Gasteiger partial charge >= 0.3 is 5.97 Å². The third kappa shape index (κ3) is 6.53. The third-order valence-electron chi connectivity index (χ3n) is 5.98. The molecule has 186 valence electrons. The monoisotopic (exact) mass is 492 g/mol. The van der Waals surface area contributed by atoms with Gasteiger partial charge in [-0.05, 0) is 53.9 Å². The minimum atomic E-state index is -0.536. The summed E-state index contributed by atoms with van der Waals surface area (Å²) >= 11 is 0. The fraction of sp³-hybridized carbons (Fsp3) is 0.125. The zero-order chi connectivity index (χ0) is 26.2. The van der Waals surface area contributed by atoms with E-state index < -0.39 is 11.9 Å². The maximum Gasteiger partial charge on any atom is 0.318 e. The SMILES string of the molecule is COc1cc(C=Cc2ccc(OC(=O)C(C)c3cccc(C(=O)c4ccccc4)c3)cc2)cc(OC)c1. The van der Waals surface area contributed by atoms with Gasteiger partial charge in [-0.1, -0.05) is 72.8 Å². The Hall–Kier alpha value is -4.64. The number of carbonyl (C=O) groups is 2. The predicted octanol–water partition coefficient (Wildman–Crippen LogP) is 6.81. The molecule has 0 spiro atoms. The first-order valence-corrected chi connectivity index (χ1v) is 11.9. The van der Waals surface area contributed by atoms with Crippen molar-refractivity contribution in [1.29, 1.82) is 0 Å². The van der Waals surface area contributed by atoms with E-state index in [-0.39, 0.29) is 5.78 Å². The van der Waals surface area contributed by atoms with E-state index in [1.165, 1.54) is 0 Å². The van der Waals surface area contributed by atoms with Gasteiger partial charge in [-0.3, -0.25) is 9.59 Å². The average Bonchev–Trinajstić information content (AvgIpc) is 2.96. The second-order valence-electron chi connectivity index (χ2n) is 8.51. The van der Waals surface area contributed by atoms with Gasteiger partial charge in [-0.2, -0.15) is 0 Å². The Balaban J connectivity index is 1.41. The molecular weight excluding hydrogens is 464 g/mol. The van der Waals surface area contributed by atoms with Crippen molar-refractivity contribution in [2.75, 3.05) is 14.2 Å². The molecule has 1 unspecified atom stereocenters. The van der Waals surface area contributed by atoms with Crippen molar-refractivity contribution >= 4 is 23.9 Å². The van der Waals surface area contributed by atoms with Crippen molar-refractivity contribution in [3.63, 3.8) is 0 Å². The Morgan fingerprint density at radius 2 is 1.27 bits per heavy atom. The molecule has 0 aliphatic rings. The topological polar surface area (TPSA) is 61.8 Å². The standard InChI is InChI=1S/C32H28O5/c1-22(26-10-7-11-27(20-26)31(33)25-8-5-4-6-9-25)32(34)37-28-16-14-23(15-17-28)12-13-24-18-29(35-2)21-30(19-24)36-3/h4-22H,1-3H3. The van der Waals surface area contributed by atoms with E-state index in [2.05, 4.69) is 0 Å². The van der Waals surface area contributed by atoms with Crippen LogP contribution < -0.4 is 14.2 Å². The summed E-state index contributed by atoms with van der Waals surface area (Å²) < 4.78 is 16.2. The Kier molecular flexibility index (Phi) is 8.16. The van der Waals surface area contributed by atoms with E-state index in [9.17, 15) is 9.59 Å². The van der Waals surface area contributed by atoms with Crippen LogP contribution in [-0.4, -0.2) is 26.0 Å². The molecule has 5 heteroatoms. The van der Waals surface area contributed by atoms with Crippen LogP contribution >= 0.6 is 0 Å². The maximum atomic E-state index is 12.8. The summed E-state index contributed by atoms with van der Waals surface area (Å²) in [6.07, 6.45) is 3.91. The Labute approximate surface area is 216 Å². The summed E-state index contributed by atoms with van der Waals surface area (Å²) in [6, 6.07) is 29.1. The van der Waals surface area contributed by atoms with Crippen molar-refractivity contribution in [1.82, 2.24) is 0 Å². The molecule has 1 atom stereocenters. The number of esters is 1. The maximum absolute atomic E-state index is 12.8. The number of hydrogen-bond acceptors (Lipinski definition) is 5. The zero-order valence-corrected chi connectivity index (χ0v) is 21.0. The van der Waals surface area contributed by atoms with Gasteiger partial charge in [0, 0.05) is 17.2 Å². The summed E-state index contributed by atoms with van der Waals surface area (Å²) in [6.45, 7) is 1.77. The van der Waals surface area contributed by atoms with Gasteiger partial charge in [0.15, 0.2) is 5.78 Å². The van der Waals surface area contributed by atoms with Crippen LogP contribution in [0.1, 0.15) is 45.5 Å². The molecule has 37 heavy (non-hydrogen) atoms. The zero-order valence-electron chi connectivity index (χ0n) is 21.0. The van der Waals surface area contributed by atoms with Crippen LogP contribution in [0.25, 0.3) is 12.2 Å². The molecule has 0 bridgehead atoms. The van der Waals surface area contributed by atoms with Gasteiger partial charge < -0.3 is 14.2 Å². The van der Waals surface area contributed by atoms with Crippen LogP contribution in [0.3, 0.4) is 0 Å². The van der Waals surface area contributed by atoms with Crippen molar-refractivity contribution in [2.45, 2.75) is 12.8 Å². The highest BCUT2D eigenvalue weighted by molar-refractivity contribution is 6.09. The first-order valence-electron chi connectivity index (χ1n) is 11.9. The molecule has 4 aromatic carbocycles. The molecule has 0 saturated carbocycles. The molecule has 4 rings (SSSR count). The van der Waals surface area contributed by atoms with Gasteiger partial charge in [0.1, 0.15) is 17.2 Å². The van der Waals surface area contributed by atoms with Crippen molar-refractivity contribution in [2.24, 2.45) is 0 Å². The van der Waals surface area contributed by atoms with Crippen LogP contribution in [0, 0.1) is 0 Å². The summed E-state index contributed by atoms with van der Waals surface area (Å²) in [5.74, 6) is 0.866. The van der Waals surface area contributed by atoms with Crippen LogP contribution in [0.15, 0.2) is 97.1 Å². The third-order valence-corrected chi connectivity index (χ3v) is 5.98. The van der Waals surface area contributed by atoms with Crippen LogP contribution in [0.4, 0.5) is 0 Å². The normalized spacial score (nSPS) is 11.6. The fourth-order valence-corrected chi connectivity index (χ4v) is 3.81. The van der Waals surface area contributed by atoms with Crippen LogP contribution in [0.5, 0.6) is 17.2 Å². The molecule has 0 saturated heterocycles. The van der Waals surface area contributed by atoms with Crippen LogP contribution in [0.2, 0.25) is 0 Å². The van der Waals surface area contributed by atoms with E-state index in [1.807, 2.05) is 66.7 Å². The highest BCUT2D eigenvalue weighted by atomic mass is 16.5.